The molecule has 0 amide bonds. The summed E-state index contributed by atoms with van der Waals surface area (Å²) in [6.07, 6.45) is 0. The molecule has 2 aromatic carbocycles. The van der Waals surface area contributed by atoms with E-state index in [9.17, 15) is 0 Å². The molecule has 4 heteroatoms. The van der Waals surface area contributed by atoms with Gasteiger partial charge in [0.2, 0.25) is 0 Å². The van der Waals surface area contributed by atoms with E-state index in [4.69, 9.17) is 34.7 Å². The second-order valence-electron chi connectivity index (χ2n) is 3.84. The van der Waals surface area contributed by atoms with Crippen LogP contribution in [0.2, 0.25) is 10.0 Å². The normalized spacial score (nSPS) is 11.5. The molecule has 0 unspecified atom stereocenters. The maximum absolute atomic E-state index is 6.16. The average Bonchev–Trinajstić information content (AvgIpc) is 2.33. The first-order valence-corrected chi connectivity index (χ1v) is 5.87. The number of halogens is 2. The van der Waals surface area contributed by atoms with Crippen molar-refractivity contribution >= 4 is 23.2 Å². The van der Waals surface area contributed by atoms with Crippen LogP contribution >= 0.6 is 23.2 Å². The highest BCUT2D eigenvalue weighted by Crippen LogP contribution is 2.32. The highest BCUT2D eigenvalue weighted by atomic mass is 35.5. The molecular formula is C13H12Cl2N2. The first-order valence-electron chi connectivity index (χ1n) is 5.11. The third-order valence-corrected chi connectivity index (χ3v) is 3.47. The van der Waals surface area contributed by atoms with Crippen LogP contribution in [-0.4, -0.2) is 0 Å². The van der Waals surface area contributed by atoms with Crippen molar-refractivity contribution in [3.63, 3.8) is 0 Å². The van der Waals surface area contributed by atoms with Gasteiger partial charge in [0.05, 0.1) is 10.0 Å². The van der Waals surface area contributed by atoms with E-state index >= 15 is 0 Å². The van der Waals surface area contributed by atoms with Crippen LogP contribution in [0.3, 0.4) is 0 Å². The van der Waals surface area contributed by atoms with E-state index in [1.54, 1.807) is 18.2 Å². The molecule has 2 rings (SSSR count). The predicted octanol–water partition coefficient (Wildman–Crippen LogP) is 3.11. The molecule has 2 aromatic rings. The summed E-state index contributed by atoms with van der Waals surface area (Å²) in [6.45, 7) is 0. The Bertz CT molecular complexity index is 524. The van der Waals surface area contributed by atoms with Crippen LogP contribution in [0.25, 0.3) is 0 Å². The lowest BCUT2D eigenvalue weighted by Gasteiger charge is -2.27. The number of hydrogen-bond donors (Lipinski definition) is 2. The van der Waals surface area contributed by atoms with E-state index < -0.39 is 5.66 Å². The Hall–Kier alpha value is -1.06. The largest absolute Gasteiger partial charge is 0.306 e. The highest BCUT2D eigenvalue weighted by Gasteiger charge is 2.27. The molecule has 17 heavy (non-hydrogen) atoms. The quantitative estimate of drug-likeness (QED) is 0.821. The standard InChI is InChI=1S/C13H12Cl2N2/c14-11-8-4-7-10(12(11)15)13(16,17)9-5-2-1-3-6-9/h1-8H,16-17H2. The number of hydrogen-bond acceptors (Lipinski definition) is 2. The summed E-state index contributed by atoms with van der Waals surface area (Å²) in [4.78, 5) is 0. The van der Waals surface area contributed by atoms with Gasteiger partial charge in [-0.2, -0.15) is 0 Å². The summed E-state index contributed by atoms with van der Waals surface area (Å²) in [7, 11) is 0. The Morgan fingerprint density at radius 2 is 1.47 bits per heavy atom. The van der Waals surface area contributed by atoms with E-state index in [2.05, 4.69) is 0 Å². The Kier molecular flexibility index (Phi) is 3.40. The number of benzene rings is 2. The van der Waals surface area contributed by atoms with Crippen LogP contribution in [0.1, 0.15) is 11.1 Å². The molecule has 0 fully saturated rings. The monoisotopic (exact) mass is 266 g/mol. The molecule has 0 aliphatic heterocycles. The van der Waals surface area contributed by atoms with Gasteiger partial charge in [0.15, 0.2) is 0 Å². The lowest BCUT2D eigenvalue weighted by atomic mass is 9.93. The van der Waals surface area contributed by atoms with Crippen molar-refractivity contribution in [2.75, 3.05) is 0 Å². The number of nitrogens with two attached hydrogens (primary N) is 2. The van der Waals surface area contributed by atoms with Crippen molar-refractivity contribution < 1.29 is 0 Å². The number of rotatable bonds is 2. The molecule has 0 radical (unpaired) electrons. The van der Waals surface area contributed by atoms with Crippen LogP contribution in [0, 0.1) is 0 Å². The van der Waals surface area contributed by atoms with Crippen molar-refractivity contribution in [3.05, 3.63) is 69.7 Å². The molecule has 0 spiro atoms. The van der Waals surface area contributed by atoms with Gasteiger partial charge in [-0.3, -0.25) is 0 Å². The Morgan fingerprint density at radius 3 is 2.12 bits per heavy atom. The lowest BCUT2D eigenvalue weighted by Crippen LogP contribution is -2.47. The van der Waals surface area contributed by atoms with E-state index in [-0.39, 0.29) is 0 Å². The fourth-order valence-corrected chi connectivity index (χ4v) is 2.15. The second kappa shape index (κ2) is 4.67. The molecular weight excluding hydrogens is 255 g/mol. The molecule has 0 bridgehead atoms. The van der Waals surface area contributed by atoms with Crippen molar-refractivity contribution in [2.45, 2.75) is 5.66 Å². The fraction of sp³-hybridized carbons (Fsp3) is 0.0769. The Balaban J connectivity index is 2.56. The summed E-state index contributed by atoms with van der Waals surface area (Å²) in [5.41, 5.74) is 12.6. The molecule has 0 atom stereocenters. The van der Waals surface area contributed by atoms with Crippen LogP contribution in [0.15, 0.2) is 48.5 Å². The summed E-state index contributed by atoms with van der Waals surface area (Å²) in [5, 5.41) is 0.836. The minimum absolute atomic E-state index is 0.392. The first-order chi connectivity index (χ1) is 8.03. The second-order valence-corrected chi connectivity index (χ2v) is 4.62. The van der Waals surface area contributed by atoms with Gasteiger partial charge >= 0.3 is 0 Å². The zero-order valence-electron chi connectivity index (χ0n) is 9.03. The molecule has 0 aliphatic carbocycles. The third-order valence-electron chi connectivity index (χ3n) is 2.65. The molecule has 0 aliphatic rings. The third kappa shape index (κ3) is 2.31. The van der Waals surface area contributed by atoms with Crippen molar-refractivity contribution in [2.24, 2.45) is 11.5 Å². The maximum Gasteiger partial charge on any atom is 0.118 e. The van der Waals surface area contributed by atoms with Crippen LogP contribution in [-0.2, 0) is 5.66 Å². The van der Waals surface area contributed by atoms with Crippen LogP contribution < -0.4 is 11.5 Å². The van der Waals surface area contributed by atoms with Crippen molar-refractivity contribution in [3.8, 4) is 0 Å². The topological polar surface area (TPSA) is 52.0 Å². The SMILES string of the molecule is NC(N)(c1ccccc1)c1cccc(Cl)c1Cl. The molecule has 0 saturated carbocycles. The summed E-state index contributed by atoms with van der Waals surface area (Å²) in [6, 6.07) is 14.6. The predicted molar refractivity (Wildman–Crippen MR) is 72.1 cm³/mol. The molecule has 88 valence electrons. The smallest absolute Gasteiger partial charge is 0.118 e. The maximum atomic E-state index is 6.16. The zero-order valence-corrected chi connectivity index (χ0v) is 10.5. The average molecular weight is 267 g/mol. The van der Waals surface area contributed by atoms with Crippen molar-refractivity contribution in [1.29, 1.82) is 0 Å². The molecule has 0 saturated heterocycles. The van der Waals surface area contributed by atoms with Gasteiger partial charge in [-0.15, -0.1) is 0 Å². The summed E-state index contributed by atoms with van der Waals surface area (Å²) >= 11 is 12.1. The summed E-state index contributed by atoms with van der Waals surface area (Å²) < 4.78 is 0. The first kappa shape index (κ1) is 12.4. The molecule has 4 N–H and O–H groups in total. The van der Waals surface area contributed by atoms with Gasteiger partial charge in [-0.05, 0) is 11.6 Å². The fourth-order valence-electron chi connectivity index (χ4n) is 1.69. The highest BCUT2D eigenvalue weighted by molar-refractivity contribution is 6.42. The van der Waals surface area contributed by atoms with E-state index in [0.29, 0.717) is 15.6 Å². The van der Waals surface area contributed by atoms with Gasteiger partial charge < -0.3 is 11.5 Å². The van der Waals surface area contributed by atoms with Crippen LogP contribution in [0.4, 0.5) is 0 Å². The van der Waals surface area contributed by atoms with Gasteiger partial charge in [0.25, 0.3) is 0 Å². The summed E-state index contributed by atoms with van der Waals surface area (Å²) in [5.74, 6) is 0. The minimum atomic E-state index is -1.15. The molecule has 0 aromatic heterocycles. The van der Waals surface area contributed by atoms with Gasteiger partial charge in [-0.1, -0.05) is 65.7 Å². The van der Waals surface area contributed by atoms with Crippen LogP contribution in [0.5, 0.6) is 0 Å². The lowest BCUT2D eigenvalue weighted by molar-refractivity contribution is 0.568. The molecule has 2 nitrogen and oxygen atoms in total. The van der Waals surface area contributed by atoms with Gasteiger partial charge in [0, 0.05) is 5.56 Å². The molecule has 0 heterocycles. The van der Waals surface area contributed by atoms with E-state index in [1.807, 2.05) is 30.3 Å². The van der Waals surface area contributed by atoms with Gasteiger partial charge in [-0.25, -0.2) is 0 Å². The van der Waals surface area contributed by atoms with Gasteiger partial charge in [0.1, 0.15) is 5.66 Å². The van der Waals surface area contributed by atoms with Crippen molar-refractivity contribution in [1.82, 2.24) is 0 Å². The minimum Gasteiger partial charge on any atom is -0.306 e. The van der Waals surface area contributed by atoms with E-state index in [1.165, 1.54) is 0 Å². The zero-order chi connectivity index (χ0) is 12.5. The van der Waals surface area contributed by atoms with E-state index in [0.717, 1.165) is 5.56 Å². The Morgan fingerprint density at radius 1 is 0.824 bits per heavy atom. The Labute approximate surface area is 110 Å².